The third-order valence-electron chi connectivity index (χ3n) is 6.00. The first-order chi connectivity index (χ1) is 13.5. The van der Waals surface area contributed by atoms with Gasteiger partial charge in [-0.25, -0.2) is 0 Å². The lowest BCUT2D eigenvalue weighted by Gasteiger charge is -2.35. The van der Waals surface area contributed by atoms with E-state index >= 15 is 0 Å². The van der Waals surface area contributed by atoms with Crippen LogP contribution in [0.15, 0.2) is 30.3 Å². The molecule has 5 nitrogen and oxygen atoms in total. The van der Waals surface area contributed by atoms with Crippen molar-refractivity contribution in [2.45, 2.75) is 52.0 Å². The van der Waals surface area contributed by atoms with Gasteiger partial charge in [-0.05, 0) is 50.6 Å². The molecular weight excluding hydrogens is 350 g/mol. The molecular formula is C23H35N3O2. The van der Waals surface area contributed by atoms with E-state index in [1.807, 2.05) is 35.2 Å². The average molecular weight is 386 g/mol. The summed E-state index contributed by atoms with van der Waals surface area (Å²) in [5.41, 5.74) is 1.03. The first-order valence-corrected chi connectivity index (χ1v) is 10.9. The molecule has 2 aliphatic rings. The molecule has 5 heteroatoms. The van der Waals surface area contributed by atoms with E-state index in [4.69, 9.17) is 0 Å². The summed E-state index contributed by atoms with van der Waals surface area (Å²) >= 11 is 0. The van der Waals surface area contributed by atoms with Crippen LogP contribution in [-0.2, 0) is 16.0 Å². The van der Waals surface area contributed by atoms with E-state index in [0.29, 0.717) is 13.0 Å². The van der Waals surface area contributed by atoms with Crippen LogP contribution in [0.4, 0.5) is 0 Å². The van der Waals surface area contributed by atoms with Gasteiger partial charge in [-0.3, -0.25) is 9.59 Å². The van der Waals surface area contributed by atoms with Crippen LogP contribution < -0.4 is 5.32 Å². The Morgan fingerprint density at radius 2 is 1.86 bits per heavy atom. The zero-order valence-corrected chi connectivity index (χ0v) is 17.4. The maximum absolute atomic E-state index is 12.8. The smallest absolute Gasteiger partial charge is 0.227 e. The van der Waals surface area contributed by atoms with Crippen LogP contribution in [0.5, 0.6) is 0 Å². The lowest BCUT2D eigenvalue weighted by Crippen LogP contribution is -2.50. The quantitative estimate of drug-likeness (QED) is 0.819. The lowest BCUT2D eigenvalue weighted by atomic mass is 9.96. The molecule has 2 saturated heterocycles. The summed E-state index contributed by atoms with van der Waals surface area (Å²) in [6.45, 7) is 8.89. The fourth-order valence-corrected chi connectivity index (χ4v) is 4.55. The van der Waals surface area contributed by atoms with Gasteiger partial charge in [0.2, 0.25) is 11.8 Å². The van der Waals surface area contributed by atoms with Crippen molar-refractivity contribution in [1.82, 2.24) is 15.1 Å². The largest absolute Gasteiger partial charge is 0.352 e. The second-order valence-electron chi connectivity index (χ2n) is 8.76. The van der Waals surface area contributed by atoms with Gasteiger partial charge in [0.1, 0.15) is 0 Å². The van der Waals surface area contributed by atoms with Crippen molar-refractivity contribution in [2.75, 3.05) is 32.7 Å². The van der Waals surface area contributed by atoms with E-state index in [-0.39, 0.29) is 23.8 Å². The molecule has 3 atom stereocenters. The summed E-state index contributed by atoms with van der Waals surface area (Å²) in [4.78, 5) is 29.8. The fourth-order valence-electron chi connectivity index (χ4n) is 4.55. The van der Waals surface area contributed by atoms with Gasteiger partial charge < -0.3 is 15.1 Å². The highest BCUT2D eigenvalue weighted by molar-refractivity contribution is 5.82. The van der Waals surface area contributed by atoms with Crippen molar-refractivity contribution in [3.63, 3.8) is 0 Å². The molecule has 154 valence electrons. The van der Waals surface area contributed by atoms with Crippen LogP contribution in [0, 0.1) is 11.8 Å². The Morgan fingerprint density at radius 3 is 2.61 bits per heavy atom. The van der Waals surface area contributed by atoms with Gasteiger partial charge in [-0.15, -0.1) is 0 Å². The van der Waals surface area contributed by atoms with Gasteiger partial charge in [0.25, 0.3) is 0 Å². The summed E-state index contributed by atoms with van der Waals surface area (Å²) in [7, 11) is 0. The zero-order valence-electron chi connectivity index (χ0n) is 17.4. The number of amides is 2. The van der Waals surface area contributed by atoms with Crippen LogP contribution in [0.3, 0.4) is 0 Å². The van der Waals surface area contributed by atoms with Crippen molar-refractivity contribution in [1.29, 1.82) is 0 Å². The maximum atomic E-state index is 12.8. The Labute approximate surface area is 169 Å². The number of rotatable bonds is 6. The van der Waals surface area contributed by atoms with Crippen molar-refractivity contribution in [3.8, 4) is 0 Å². The fraction of sp³-hybridized carbons (Fsp3) is 0.652. The van der Waals surface area contributed by atoms with Crippen LogP contribution in [0.25, 0.3) is 0 Å². The summed E-state index contributed by atoms with van der Waals surface area (Å²) in [5.74, 6) is 0.893. The molecule has 28 heavy (non-hydrogen) atoms. The van der Waals surface area contributed by atoms with E-state index in [1.54, 1.807) is 0 Å². The van der Waals surface area contributed by atoms with Gasteiger partial charge in [0.05, 0.1) is 12.3 Å². The van der Waals surface area contributed by atoms with E-state index in [9.17, 15) is 9.59 Å². The molecule has 0 bridgehead atoms. The average Bonchev–Trinajstić information content (AvgIpc) is 2.68. The van der Waals surface area contributed by atoms with Gasteiger partial charge in [0, 0.05) is 32.2 Å². The molecule has 3 rings (SSSR count). The number of benzene rings is 1. The molecule has 1 aromatic carbocycles. The highest BCUT2D eigenvalue weighted by atomic mass is 16.2. The molecule has 0 aromatic heterocycles. The molecule has 1 aromatic rings. The van der Waals surface area contributed by atoms with Gasteiger partial charge >= 0.3 is 0 Å². The Hall–Kier alpha value is -1.88. The van der Waals surface area contributed by atoms with Crippen LogP contribution >= 0.6 is 0 Å². The molecule has 0 saturated carbocycles. The minimum atomic E-state index is -0.0868. The summed E-state index contributed by atoms with van der Waals surface area (Å²) < 4.78 is 0. The second kappa shape index (κ2) is 10.1. The maximum Gasteiger partial charge on any atom is 0.227 e. The van der Waals surface area contributed by atoms with E-state index in [2.05, 4.69) is 24.1 Å². The van der Waals surface area contributed by atoms with E-state index in [1.165, 1.54) is 12.8 Å². The van der Waals surface area contributed by atoms with Crippen LogP contribution in [0.2, 0.25) is 0 Å². The summed E-state index contributed by atoms with van der Waals surface area (Å²) in [5, 5.41) is 3.20. The second-order valence-corrected chi connectivity index (χ2v) is 8.76. The Bertz CT molecular complexity index is 649. The number of hydrogen-bond donors (Lipinski definition) is 1. The number of piperidine rings is 2. The van der Waals surface area contributed by atoms with Crippen molar-refractivity contribution >= 4 is 11.8 Å². The molecule has 0 radical (unpaired) electrons. The minimum absolute atomic E-state index is 0.0868. The van der Waals surface area contributed by atoms with Gasteiger partial charge in [-0.2, -0.15) is 0 Å². The highest BCUT2D eigenvalue weighted by Gasteiger charge is 2.29. The first-order valence-electron chi connectivity index (χ1n) is 10.9. The number of carbonyl (C=O) groups excluding carboxylic acids is 2. The lowest BCUT2D eigenvalue weighted by molar-refractivity contribution is -0.135. The normalized spacial score (nSPS) is 24.6. The summed E-state index contributed by atoms with van der Waals surface area (Å²) in [6.07, 6.45) is 4.75. The monoisotopic (exact) mass is 385 g/mol. The topological polar surface area (TPSA) is 52.7 Å². The van der Waals surface area contributed by atoms with Crippen molar-refractivity contribution in [2.24, 2.45) is 11.8 Å². The summed E-state index contributed by atoms with van der Waals surface area (Å²) in [6, 6.07) is 9.98. The van der Waals surface area contributed by atoms with Crippen LogP contribution in [0.1, 0.15) is 45.1 Å². The number of hydrogen-bond acceptors (Lipinski definition) is 3. The molecule has 0 aliphatic carbocycles. The minimum Gasteiger partial charge on any atom is -0.352 e. The SMILES string of the molecule is C[C@H]1CCCN(C[C@@H](C)NC(=O)[C@@H]2CCCN(C(=O)Cc3ccccc3)C2)C1. The number of nitrogens with one attached hydrogen (secondary N) is 1. The predicted octanol–water partition coefficient (Wildman–Crippen LogP) is 2.70. The Balaban J connectivity index is 1.46. The Morgan fingerprint density at radius 1 is 1.11 bits per heavy atom. The Kier molecular flexibility index (Phi) is 7.49. The third-order valence-corrected chi connectivity index (χ3v) is 6.00. The predicted molar refractivity (Wildman–Crippen MR) is 112 cm³/mol. The molecule has 1 N–H and O–H groups in total. The van der Waals surface area contributed by atoms with Crippen molar-refractivity contribution in [3.05, 3.63) is 35.9 Å². The highest BCUT2D eigenvalue weighted by Crippen LogP contribution is 2.19. The molecule has 2 fully saturated rings. The van der Waals surface area contributed by atoms with E-state index < -0.39 is 0 Å². The molecule has 0 spiro atoms. The standard InChI is InChI=1S/C23H35N3O2/c1-18-8-6-12-25(15-18)16-19(2)24-23(28)21-11-7-13-26(17-21)22(27)14-20-9-4-3-5-10-20/h3-5,9-10,18-19,21H,6-8,11-17H2,1-2H3,(H,24,28)/t18-,19+,21+/m0/s1. The van der Waals surface area contributed by atoms with E-state index in [0.717, 1.165) is 50.5 Å². The molecule has 2 heterocycles. The molecule has 2 amide bonds. The number of carbonyl (C=O) groups is 2. The van der Waals surface area contributed by atoms with Crippen molar-refractivity contribution < 1.29 is 9.59 Å². The first kappa shape index (κ1) is 20.8. The van der Waals surface area contributed by atoms with Gasteiger partial charge in [0.15, 0.2) is 0 Å². The van der Waals surface area contributed by atoms with Crippen LogP contribution in [-0.4, -0.2) is 60.4 Å². The number of likely N-dealkylation sites (tertiary alicyclic amines) is 2. The molecule has 2 aliphatic heterocycles. The third kappa shape index (κ3) is 6.06. The van der Waals surface area contributed by atoms with Gasteiger partial charge in [-0.1, -0.05) is 37.3 Å². The molecule has 0 unspecified atom stereocenters. The zero-order chi connectivity index (χ0) is 19.9. The number of nitrogens with zero attached hydrogens (tertiary/aromatic N) is 2.